The van der Waals surface area contributed by atoms with Crippen LogP contribution in [-0.4, -0.2) is 36.7 Å². The van der Waals surface area contributed by atoms with Crippen LogP contribution >= 0.6 is 0 Å². The lowest BCUT2D eigenvalue weighted by molar-refractivity contribution is -0.138. The Morgan fingerprint density at radius 3 is 2.57 bits per heavy atom. The van der Waals surface area contributed by atoms with Gasteiger partial charge >= 0.3 is 5.97 Å². The van der Waals surface area contributed by atoms with Crippen LogP contribution in [0.5, 0.6) is 11.5 Å². The summed E-state index contributed by atoms with van der Waals surface area (Å²) in [7, 11) is 0. The van der Waals surface area contributed by atoms with E-state index in [9.17, 15) is 9.59 Å². The van der Waals surface area contributed by atoms with E-state index >= 15 is 0 Å². The highest BCUT2D eigenvalue weighted by molar-refractivity contribution is 5.80. The maximum absolute atomic E-state index is 11.5. The Hall–Kier alpha value is -3.02. The minimum atomic E-state index is -0.971. The van der Waals surface area contributed by atoms with Crippen LogP contribution in [0.4, 0.5) is 0 Å². The predicted octanol–water partition coefficient (Wildman–Crippen LogP) is 3.28. The van der Waals surface area contributed by atoms with Gasteiger partial charge in [-0.2, -0.15) is 0 Å². The van der Waals surface area contributed by atoms with Gasteiger partial charge in [-0.25, -0.2) is 0 Å². The van der Waals surface area contributed by atoms with Crippen LogP contribution in [0.3, 0.4) is 0 Å². The Morgan fingerprint density at radius 1 is 1.00 bits per heavy atom. The molecule has 0 atom stereocenters. The van der Waals surface area contributed by atoms with Crippen LogP contribution in [0.1, 0.15) is 29.5 Å². The third-order valence-corrected chi connectivity index (χ3v) is 4.15. The molecule has 0 aliphatic carbocycles. The summed E-state index contributed by atoms with van der Waals surface area (Å²) in [6, 6.07) is 13.8. The van der Waals surface area contributed by atoms with Gasteiger partial charge in [-0.1, -0.05) is 24.3 Å². The molecule has 1 amide bonds. The lowest BCUT2D eigenvalue weighted by Gasteiger charge is -2.12. The van der Waals surface area contributed by atoms with Crippen LogP contribution in [0.25, 0.3) is 0 Å². The molecular weight excluding hydrogens is 358 g/mol. The summed E-state index contributed by atoms with van der Waals surface area (Å²) in [5.41, 5.74) is 3.29. The van der Waals surface area contributed by atoms with Gasteiger partial charge in [0.15, 0.2) is 0 Å². The normalized spacial score (nSPS) is 10.4. The van der Waals surface area contributed by atoms with Crippen molar-refractivity contribution in [3.63, 3.8) is 0 Å². The highest BCUT2D eigenvalue weighted by atomic mass is 16.5. The van der Waals surface area contributed by atoms with Crippen LogP contribution in [0, 0.1) is 13.8 Å². The van der Waals surface area contributed by atoms with E-state index in [-0.39, 0.29) is 18.7 Å². The zero-order valence-electron chi connectivity index (χ0n) is 16.4. The zero-order chi connectivity index (χ0) is 20.4. The number of aryl methyl sites for hydroxylation is 2. The molecule has 0 aliphatic rings. The lowest BCUT2D eigenvalue weighted by Crippen LogP contribution is -2.26. The maximum Gasteiger partial charge on any atom is 0.303 e. The van der Waals surface area contributed by atoms with Gasteiger partial charge in [-0.3, -0.25) is 9.59 Å². The maximum atomic E-state index is 11.5. The van der Waals surface area contributed by atoms with Gasteiger partial charge in [0.1, 0.15) is 24.7 Å². The summed E-state index contributed by atoms with van der Waals surface area (Å²) in [6.45, 7) is 5.39. The van der Waals surface area contributed by atoms with Gasteiger partial charge in [0, 0.05) is 13.0 Å². The van der Waals surface area contributed by atoms with E-state index in [1.54, 1.807) is 0 Å². The van der Waals surface area contributed by atoms with Crippen molar-refractivity contribution in [3.8, 4) is 11.5 Å². The average Bonchev–Trinajstić information content (AvgIpc) is 2.66. The van der Waals surface area contributed by atoms with Crippen LogP contribution < -0.4 is 14.8 Å². The number of rotatable bonds is 11. The number of carboxylic acids is 1. The van der Waals surface area contributed by atoms with Crippen molar-refractivity contribution >= 4 is 11.9 Å². The van der Waals surface area contributed by atoms with E-state index < -0.39 is 5.97 Å². The standard InChI is InChI=1S/C22H27NO5/c1-16-6-7-17(2)20(14-16)28-13-12-27-19-5-3-4-18(15-19)10-11-23-21(24)8-9-22(25)26/h3-7,14-15H,8-13H2,1-2H3,(H,23,24)(H,25,26). The number of carbonyl (C=O) groups is 2. The molecule has 0 fully saturated rings. The molecule has 2 aromatic rings. The van der Waals surface area contributed by atoms with Gasteiger partial charge in [-0.05, 0) is 55.2 Å². The Bertz CT molecular complexity index is 803. The number of carboxylic acid groups (broad SMARTS) is 1. The number of hydrogen-bond donors (Lipinski definition) is 2. The molecule has 0 saturated heterocycles. The highest BCUT2D eigenvalue weighted by Gasteiger charge is 2.05. The first kappa shape index (κ1) is 21.3. The molecule has 0 unspecified atom stereocenters. The predicted molar refractivity (Wildman–Crippen MR) is 107 cm³/mol. The van der Waals surface area contributed by atoms with Crippen molar-refractivity contribution in [2.75, 3.05) is 19.8 Å². The molecular formula is C22H27NO5. The van der Waals surface area contributed by atoms with Crippen molar-refractivity contribution in [2.24, 2.45) is 0 Å². The molecule has 0 heterocycles. The number of carbonyl (C=O) groups excluding carboxylic acids is 1. The fourth-order valence-corrected chi connectivity index (χ4v) is 2.62. The van der Waals surface area contributed by atoms with E-state index in [1.807, 2.05) is 50.2 Å². The quantitative estimate of drug-likeness (QED) is 0.580. The Labute approximate surface area is 165 Å². The average molecular weight is 385 g/mol. The lowest BCUT2D eigenvalue weighted by atomic mass is 10.1. The first-order valence-electron chi connectivity index (χ1n) is 9.34. The highest BCUT2D eigenvalue weighted by Crippen LogP contribution is 2.19. The van der Waals surface area contributed by atoms with E-state index in [4.69, 9.17) is 14.6 Å². The number of nitrogens with one attached hydrogen (secondary N) is 1. The van der Waals surface area contributed by atoms with Gasteiger partial charge in [0.25, 0.3) is 0 Å². The van der Waals surface area contributed by atoms with Crippen molar-refractivity contribution in [3.05, 3.63) is 59.2 Å². The smallest absolute Gasteiger partial charge is 0.303 e. The summed E-state index contributed by atoms with van der Waals surface area (Å²) in [5, 5.41) is 11.3. The summed E-state index contributed by atoms with van der Waals surface area (Å²) < 4.78 is 11.5. The third-order valence-electron chi connectivity index (χ3n) is 4.15. The Balaban J connectivity index is 1.71. The number of hydrogen-bond acceptors (Lipinski definition) is 4. The molecule has 150 valence electrons. The van der Waals surface area contributed by atoms with Gasteiger partial charge in [0.05, 0.1) is 6.42 Å². The second-order valence-electron chi connectivity index (χ2n) is 6.61. The topological polar surface area (TPSA) is 84.9 Å². The zero-order valence-corrected chi connectivity index (χ0v) is 16.4. The molecule has 0 aromatic heterocycles. The molecule has 6 heteroatoms. The van der Waals surface area contributed by atoms with Crippen molar-refractivity contribution in [1.82, 2.24) is 5.32 Å². The minimum Gasteiger partial charge on any atom is -0.490 e. The molecule has 0 radical (unpaired) electrons. The molecule has 0 spiro atoms. The summed E-state index contributed by atoms with van der Waals surface area (Å²) in [6.07, 6.45) is 0.493. The number of aliphatic carboxylic acids is 1. The summed E-state index contributed by atoms with van der Waals surface area (Å²) >= 11 is 0. The molecule has 28 heavy (non-hydrogen) atoms. The van der Waals surface area contributed by atoms with Crippen LogP contribution in [0.2, 0.25) is 0 Å². The minimum absolute atomic E-state index is 0.00109. The first-order chi connectivity index (χ1) is 13.4. The molecule has 2 aromatic carbocycles. The molecule has 2 rings (SSSR count). The number of benzene rings is 2. The fraction of sp³-hybridized carbons (Fsp3) is 0.364. The molecule has 0 bridgehead atoms. The fourth-order valence-electron chi connectivity index (χ4n) is 2.62. The molecule has 2 N–H and O–H groups in total. The second-order valence-corrected chi connectivity index (χ2v) is 6.61. The first-order valence-corrected chi connectivity index (χ1v) is 9.34. The van der Waals surface area contributed by atoms with Crippen molar-refractivity contribution < 1.29 is 24.2 Å². The van der Waals surface area contributed by atoms with Crippen molar-refractivity contribution in [1.29, 1.82) is 0 Å². The number of amides is 1. The molecule has 0 saturated carbocycles. The number of ether oxygens (including phenoxy) is 2. The Morgan fingerprint density at radius 2 is 1.79 bits per heavy atom. The van der Waals surface area contributed by atoms with Crippen molar-refractivity contribution in [2.45, 2.75) is 33.1 Å². The van der Waals surface area contributed by atoms with E-state index in [2.05, 4.69) is 11.4 Å². The van der Waals surface area contributed by atoms with Gasteiger partial charge in [0.2, 0.25) is 5.91 Å². The second kappa shape index (κ2) is 11.0. The SMILES string of the molecule is Cc1ccc(C)c(OCCOc2cccc(CCNC(=O)CCC(=O)O)c2)c1. The van der Waals surface area contributed by atoms with E-state index in [1.165, 1.54) is 0 Å². The van der Waals surface area contributed by atoms with Gasteiger partial charge < -0.3 is 19.9 Å². The van der Waals surface area contributed by atoms with E-state index in [0.29, 0.717) is 26.2 Å². The summed E-state index contributed by atoms with van der Waals surface area (Å²) in [4.78, 5) is 22.0. The summed E-state index contributed by atoms with van der Waals surface area (Å²) in [5.74, 6) is 0.398. The van der Waals surface area contributed by atoms with Crippen LogP contribution in [0.15, 0.2) is 42.5 Å². The Kier molecular flexibility index (Phi) is 8.34. The molecule has 0 aliphatic heterocycles. The molecule has 6 nitrogen and oxygen atoms in total. The monoisotopic (exact) mass is 385 g/mol. The van der Waals surface area contributed by atoms with Gasteiger partial charge in [-0.15, -0.1) is 0 Å². The largest absolute Gasteiger partial charge is 0.490 e. The van der Waals surface area contributed by atoms with Crippen LogP contribution in [-0.2, 0) is 16.0 Å². The third kappa shape index (κ3) is 7.70. The van der Waals surface area contributed by atoms with E-state index in [0.717, 1.165) is 28.2 Å².